The Balaban J connectivity index is 2.21. The molecule has 1 heterocycles. The molecule has 0 N–H and O–H groups in total. The molecule has 0 radical (unpaired) electrons. The van der Waals surface area contributed by atoms with Gasteiger partial charge in [0.2, 0.25) is 0 Å². The zero-order valence-corrected chi connectivity index (χ0v) is 7.83. The second kappa shape index (κ2) is 2.38. The van der Waals surface area contributed by atoms with Crippen LogP contribution in [0.1, 0.15) is 24.3 Å². The highest BCUT2D eigenvalue weighted by molar-refractivity contribution is 5.81. The van der Waals surface area contributed by atoms with Crippen molar-refractivity contribution < 1.29 is 0 Å². The number of hydrogen-bond acceptors (Lipinski definition) is 0. The van der Waals surface area contributed by atoms with Gasteiger partial charge in [0, 0.05) is 18.8 Å². The first-order valence-electron chi connectivity index (χ1n) is 4.89. The smallest absolute Gasteiger partial charge is 0.0477 e. The second-order valence-corrected chi connectivity index (χ2v) is 4.02. The van der Waals surface area contributed by atoms with E-state index in [0.717, 1.165) is 5.92 Å². The summed E-state index contributed by atoms with van der Waals surface area (Å²) in [5.74, 6) is 0.865. The summed E-state index contributed by atoms with van der Waals surface area (Å²) in [6.45, 7) is 0. The quantitative estimate of drug-likeness (QED) is 0.621. The number of fused-ring (bicyclic) bond motifs is 1. The SMILES string of the molecule is Cn1ccc2cc(C3CC3)ccc21. The van der Waals surface area contributed by atoms with E-state index in [9.17, 15) is 0 Å². The van der Waals surface area contributed by atoms with Gasteiger partial charge in [-0.1, -0.05) is 6.07 Å². The van der Waals surface area contributed by atoms with E-state index in [1.54, 1.807) is 0 Å². The zero-order valence-electron chi connectivity index (χ0n) is 7.83. The van der Waals surface area contributed by atoms with Crippen molar-refractivity contribution in [1.82, 2.24) is 4.57 Å². The van der Waals surface area contributed by atoms with Crippen molar-refractivity contribution in [2.45, 2.75) is 18.8 Å². The molecule has 1 heteroatoms. The van der Waals surface area contributed by atoms with Crippen molar-refractivity contribution in [3.8, 4) is 0 Å². The lowest BCUT2D eigenvalue weighted by molar-refractivity contribution is 0.968. The number of rotatable bonds is 1. The fraction of sp³-hybridized carbons (Fsp3) is 0.333. The molecule has 3 rings (SSSR count). The van der Waals surface area contributed by atoms with Crippen LogP contribution in [0.5, 0.6) is 0 Å². The number of aromatic nitrogens is 1. The summed E-state index contributed by atoms with van der Waals surface area (Å²) in [5, 5.41) is 1.38. The van der Waals surface area contributed by atoms with E-state index in [1.807, 2.05) is 0 Å². The molecular weight excluding hydrogens is 158 g/mol. The molecule has 1 aromatic heterocycles. The normalized spacial score (nSPS) is 16.7. The molecule has 0 aliphatic heterocycles. The molecule has 0 atom stereocenters. The minimum absolute atomic E-state index is 0.865. The van der Waals surface area contributed by atoms with E-state index in [0.29, 0.717) is 0 Å². The molecular formula is C12H13N. The molecule has 0 amide bonds. The Hall–Kier alpha value is -1.24. The third-order valence-corrected chi connectivity index (χ3v) is 2.96. The fourth-order valence-electron chi connectivity index (χ4n) is 1.97. The molecule has 1 aliphatic carbocycles. The van der Waals surface area contributed by atoms with Gasteiger partial charge in [-0.3, -0.25) is 0 Å². The van der Waals surface area contributed by atoms with Crippen LogP contribution in [0.3, 0.4) is 0 Å². The summed E-state index contributed by atoms with van der Waals surface area (Å²) in [6, 6.07) is 9.05. The number of hydrogen-bond donors (Lipinski definition) is 0. The van der Waals surface area contributed by atoms with Crippen molar-refractivity contribution in [3.63, 3.8) is 0 Å². The molecule has 66 valence electrons. The fourth-order valence-corrected chi connectivity index (χ4v) is 1.97. The van der Waals surface area contributed by atoms with Crippen molar-refractivity contribution in [2.75, 3.05) is 0 Å². The summed E-state index contributed by atoms with van der Waals surface area (Å²) in [4.78, 5) is 0. The van der Waals surface area contributed by atoms with Gasteiger partial charge in [-0.15, -0.1) is 0 Å². The maximum absolute atomic E-state index is 2.34. The lowest BCUT2D eigenvalue weighted by atomic mass is 10.1. The lowest BCUT2D eigenvalue weighted by Crippen LogP contribution is -1.84. The highest BCUT2D eigenvalue weighted by Gasteiger charge is 2.23. The third kappa shape index (κ3) is 1.07. The number of aryl methyl sites for hydroxylation is 1. The average Bonchev–Trinajstić information content (AvgIpc) is 2.93. The van der Waals surface area contributed by atoms with Gasteiger partial charge in [0.1, 0.15) is 0 Å². The van der Waals surface area contributed by atoms with Crippen LogP contribution in [0.25, 0.3) is 10.9 Å². The first kappa shape index (κ1) is 7.19. The first-order chi connectivity index (χ1) is 6.34. The van der Waals surface area contributed by atoms with Crippen LogP contribution in [0.15, 0.2) is 30.5 Å². The second-order valence-electron chi connectivity index (χ2n) is 4.02. The summed E-state index contributed by atoms with van der Waals surface area (Å²) < 4.78 is 2.17. The predicted molar refractivity (Wildman–Crippen MR) is 54.9 cm³/mol. The summed E-state index contributed by atoms with van der Waals surface area (Å²) in [6.07, 6.45) is 4.90. The summed E-state index contributed by atoms with van der Waals surface area (Å²) in [5.41, 5.74) is 2.86. The Kier molecular flexibility index (Phi) is 1.32. The summed E-state index contributed by atoms with van der Waals surface area (Å²) in [7, 11) is 2.10. The lowest BCUT2D eigenvalue weighted by Gasteiger charge is -1.99. The van der Waals surface area contributed by atoms with Gasteiger partial charge >= 0.3 is 0 Å². The number of nitrogens with zero attached hydrogens (tertiary/aromatic N) is 1. The first-order valence-corrected chi connectivity index (χ1v) is 4.89. The molecule has 0 spiro atoms. The van der Waals surface area contributed by atoms with E-state index in [4.69, 9.17) is 0 Å². The molecule has 1 fully saturated rings. The van der Waals surface area contributed by atoms with E-state index in [-0.39, 0.29) is 0 Å². The molecule has 1 nitrogen and oxygen atoms in total. The van der Waals surface area contributed by atoms with Gasteiger partial charge in [0.15, 0.2) is 0 Å². The molecule has 13 heavy (non-hydrogen) atoms. The standard InChI is InChI=1S/C12H13N/c1-13-7-6-11-8-10(9-2-3-9)4-5-12(11)13/h4-9H,2-3H2,1H3. The molecule has 2 aromatic rings. The molecule has 1 saturated carbocycles. The zero-order chi connectivity index (χ0) is 8.84. The summed E-state index contributed by atoms with van der Waals surface area (Å²) >= 11 is 0. The molecule has 1 aliphatic rings. The minimum atomic E-state index is 0.865. The third-order valence-electron chi connectivity index (χ3n) is 2.96. The van der Waals surface area contributed by atoms with Crippen LogP contribution in [0, 0.1) is 0 Å². The van der Waals surface area contributed by atoms with Crippen LogP contribution in [-0.4, -0.2) is 4.57 Å². The van der Waals surface area contributed by atoms with Crippen LogP contribution >= 0.6 is 0 Å². The molecule has 0 saturated heterocycles. The van der Waals surface area contributed by atoms with E-state index < -0.39 is 0 Å². The van der Waals surface area contributed by atoms with E-state index in [1.165, 1.54) is 29.3 Å². The average molecular weight is 171 g/mol. The van der Waals surface area contributed by atoms with Crippen molar-refractivity contribution in [1.29, 1.82) is 0 Å². The van der Waals surface area contributed by atoms with Crippen molar-refractivity contribution >= 4 is 10.9 Å². The highest BCUT2D eigenvalue weighted by Crippen LogP contribution is 2.40. The van der Waals surface area contributed by atoms with Gasteiger partial charge in [-0.05, 0) is 47.9 Å². The minimum Gasteiger partial charge on any atom is -0.351 e. The largest absolute Gasteiger partial charge is 0.351 e. The van der Waals surface area contributed by atoms with Crippen molar-refractivity contribution in [3.05, 3.63) is 36.0 Å². The van der Waals surface area contributed by atoms with Gasteiger partial charge < -0.3 is 4.57 Å². The van der Waals surface area contributed by atoms with Crippen LogP contribution in [-0.2, 0) is 7.05 Å². The Bertz CT molecular complexity index is 449. The molecule has 0 unspecified atom stereocenters. The van der Waals surface area contributed by atoms with Crippen LogP contribution < -0.4 is 0 Å². The Morgan fingerprint density at radius 2 is 2.08 bits per heavy atom. The molecule has 1 aromatic carbocycles. The predicted octanol–water partition coefficient (Wildman–Crippen LogP) is 3.06. The highest BCUT2D eigenvalue weighted by atomic mass is 14.9. The maximum atomic E-state index is 2.34. The van der Waals surface area contributed by atoms with Gasteiger partial charge in [-0.2, -0.15) is 0 Å². The maximum Gasteiger partial charge on any atom is 0.0477 e. The molecule has 0 bridgehead atoms. The van der Waals surface area contributed by atoms with Crippen LogP contribution in [0.4, 0.5) is 0 Å². The van der Waals surface area contributed by atoms with Gasteiger partial charge in [-0.25, -0.2) is 0 Å². The van der Waals surface area contributed by atoms with E-state index in [2.05, 4.69) is 42.1 Å². The van der Waals surface area contributed by atoms with Crippen LogP contribution in [0.2, 0.25) is 0 Å². The van der Waals surface area contributed by atoms with E-state index >= 15 is 0 Å². The Morgan fingerprint density at radius 1 is 1.23 bits per heavy atom. The van der Waals surface area contributed by atoms with Gasteiger partial charge in [0.05, 0.1) is 0 Å². The topological polar surface area (TPSA) is 4.93 Å². The monoisotopic (exact) mass is 171 g/mol. The number of benzene rings is 1. The van der Waals surface area contributed by atoms with Gasteiger partial charge in [0.25, 0.3) is 0 Å². The Morgan fingerprint density at radius 3 is 2.85 bits per heavy atom. The van der Waals surface area contributed by atoms with Crippen molar-refractivity contribution in [2.24, 2.45) is 7.05 Å². The Labute approximate surface area is 78.0 Å².